The summed E-state index contributed by atoms with van der Waals surface area (Å²) in [7, 11) is -3.84. The lowest BCUT2D eigenvalue weighted by Gasteiger charge is -2.24. The number of halogens is 2. The molecule has 1 fully saturated rings. The van der Waals surface area contributed by atoms with Gasteiger partial charge in [0.25, 0.3) is 5.91 Å². The number of carbonyl (C=O) groups excluding carboxylic acids is 4. The maximum absolute atomic E-state index is 14.4. The van der Waals surface area contributed by atoms with E-state index in [2.05, 4.69) is 5.32 Å². The zero-order valence-corrected chi connectivity index (χ0v) is 22.8. The van der Waals surface area contributed by atoms with E-state index in [1.807, 2.05) is 4.72 Å². The summed E-state index contributed by atoms with van der Waals surface area (Å²) in [6.07, 6.45) is 0.573. The van der Waals surface area contributed by atoms with Gasteiger partial charge in [0, 0.05) is 41.2 Å². The van der Waals surface area contributed by atoms with Crippen LogP contribution in [-0.2, 0) is 32.7 Å². The Kier molecular flexibility index (Phi) is 8.05. The van der Waals surface area contributed by atoms with Crippen molar-refractivity contribution in [3.8, 4) is 0 Å². The van der Waals surface area contributed by atoms with Crippen LogP contribution in [0.25, 0.3) is 10.9 Å². The van der Waals surface area contributed by atoms with Gasteiger partial charge in [0.1, 0.15) is 24.6 Å². The van der Waals surface area contributed by atoms with Crippen LogP contribution in [0.1, 0.15) is 45.2 Å². The van der Waals surface area contributed by atoms with Crippen molar-refractivity contribution in [2.75, 3.05) is 12.8 Å². The zero-order valence-electron chi connectivity index (χ0n) is 22.0. The number of nitrogens with zero attached hydrogens (tertiary/aromatic N) is 2. The molecule has 10 nitrogen and oxygen atoms in total. The van der Waals surface area contributed by atoms with Gasteiger partial charge in [0.15, 0.2) is 5.78 Å². The average Bonchev–Trinajstić information content (AvgIpc) is 3.44. The van der Waals surface area contributed by atoms with Crippen molar-refractivity contribution in [3.63, 3.8) is 0 Å². The number of ketones is 1. The number of hydrogen-bond acceptors (Lipinski definition) is 6. The van der Waals surface area contributed by atoms with Crippen LogP contribution in [0.3, 0.4) is 0 Å². The summed E-state index contributed by atoms with van der Waals surface area (Å²) in [6, 6.07) is 7.81. The van der Waals surface area contributed by atoms with E-state index in [1.165, 1.54) is 42.0 Å². The molecule has 212 valence electrons. The molecule has 2 heterocycles. The fourth-order valence-electron chi connectivity index (χ4n) is 4.76. The number of nitrogens with one attached hydrogen (secondary N) is 2. The molecule has 3 amide bonds. The molecule has 2 N–H and O–H groups in total. The fraction of sp³-hybridized carbons (Fsp3) is 0.333. The summed E-state index contributed by atoms with van der Waals surface area (Å²) in [5.74, 6) is -2.91. The standard InChI is InChI=1S/C27H28F2N4O6S/c1-15-5-4-6-18(25(15)29)11-30-27(37)23-10-19(28)12-33(23)24(35)14-32-13-21(16(2)34)20-8-7-17(9-22(20)32)26(36)31-40(3,38)39/h4-9,13,19,23H,10-12,14H2,1-3H3,(H,30,37)(H,31,36)/t19-,23+/m1/s1. The monoisotopic (exact) mass is 574 g/mol. The molecule has 0 saturated carbocycles. The van der Waals surface area contributed by atoms with Crippen LogP contribution in [0.4, 0.5) is 8.78 Å². The zero-order chi connectivity index (χ0) is 29.4. The summed E-state index contributed by atoms with van der Waals surface area (Å²) in [5, 5.41) is 3.01. The van der Waals surface area contributed by atoms with Gasteiger partial charge >= 0.3 is 0 Å². The summed E-state index contributed by atoms with van der Waals surface area (Å²) in [4.78, 5) is 52.0. The number of benzene rings is 2. The van der Waals surface area contributed by atoms with E-state index in [0.29, 0.717) is 16.5 Å². The van der Waals surface area contributed by atoms with Crippen LogP contribution in [0.5, 0.6) is 0 Å². The van der Waals surface area contributed by atoms with Gasteiger partial charge in [-0.2, -0.15) is 0 Å². The van der Waals surface area contributed by atoms with Gasteiger partial charge in [-0.05, 0) is 31.5 Å². The Bertz CT molecular complexity index is 1640. The second kappa shape index (κ2) is 11.2. The number of rotatable bonds is 8. The Morgan fingerprint density at radius 1 is 1.12 bits per heavy atom. The maximum Gasteiger partial charge on any atom is 0.264 e. The third-order valence-electron chi connectivity index (χ3n) is 6.71. The average molecular weight is 575 g/mol. The second-order valence-electron chi connectivity index (χ2n) is 9.82. The number of Topliss-reactive ketones (excluding diaryl/α,β-unsaturated/α-hetero) is 1. The minimum Gasteiger partial charge on any atom is -0.350 e. The molecule has 4 rings (SSSR count). The lowest BCUT2D eigenvalue weighted by Crippen LogP contribution is -2.46. The maximum atomic E-state index is 14.4. The lowest BCUT2D eigenvalue weighted by molar-refractivity contribution is -0.139. The fourth-order valence-corrected chi connectivity index (χ4v) is 5.22. The predicted molar refractivity (Wildman–Crippen MR) is 142 cm³/mol. The molecule has 1 aromatic heterocycles. The van der Waals surface area contributed by atoms with Crippen molar-refractivity contribution in [2.24, 2.45) is 0 Å². The van der Waals surface area contributed by atoms with Crippen molar-refractivity contribution < 1.29 is 36.4 Å². The Labute approximate surface area is 229 Å². The van der Waals surface area contributed by atoms with E-state index in [9.17, 15) is 36.4 Å². The Morgan fingerprint density at radius 2 is 1.85 bits per heavy atom. The van der Waals surface area contributed by atoms with Gasteiger partial charge in [-0.15, -0.1) is 0 Å². The number of likely N-dealkylation sites (tertiary alicyclic amines) is 1. The quantitative estimate of drug-likeness (QED) is 0.397. The smallest absolute Gasteiger partial charge is 0.264 e. The molecule has 3 aromatic rings. The predicted octanol–water partition coefficient (Wildman–Crippen LogP) is 2.24. The van der Waals surface area contributed by atoms with E-state index >= 15 is 0 Å². The first-order valence-corrected chi connectivity index (χ1v) is 14.3. The largest absolute Gasteiger partial charge is 0.350 e. The highest BCUT2D eigenvalue weighted by atomic mass is 32.2. The minimum absolute atomic E-state index is 0.0227. The number of aromatic nitrogens is 1. The second-order valence-corrected chi connectivity index (χ2v) is 11.6. The number of sulfonamides is 1. The molecule has 1 aliphatic rings. The molecule has 0 radical (unpaired) electrons. The highest BCUT2D eigenvalue weighted by Gasteiger charge is 2.39. The number of carbonyl (C=O) groups is 4. The molecular weight excluding hydrogens is 546 g/mol. The van der Waals surface area contributed by atoms with Crippen molar-refractivity contribution in [1.82, 2.24) is 19.5 Å². The minimum atomic E-state index is -3.84. The van der Waals surface area contributed by atoms with Gasteiger partial charge in [0.05, 0.1) is 18.3 Å². The number of hydrogen-bond donors (Lipinski definition) is 2. The molecule has 0 spiro atoms. The van der Waals surface area contributed by atoms with Crippen LogP contribution in [0.2, 0.25) is 0 Å². The molecule has 0 unspecified atom stereocenters. The van der Waals surface area contributed by atoms with E-state index in [4.69, 9.17) is 0 Å². The van der Waals surface area contributed by atoms with Crippen LogP contribution >= 0.6 is 0 Å². The number of aryl methyl sites for hydroxylation is 1. The molecule has 1 saturated heterocycles. The molecule has 0 aliphatic carbocycles. The van der Waals surface area contributed by atoms with Gasteiger partial charge in [-0.3, -0.25) is 19.2 Å². The van der Waals surface area contributed by atoms with Gasteiger partial charge in [-0.25, -0.2) is 21.9 Å². The van der Waals surface area contributed by atoms with Crippen LogP contribution < -0.4 is 10.0 Å². The number of amides is 3. The molecule has 40 heavy (non-hydrogen) atoms. The number of fused-ring (bicyclic) bond motifs is 1. The lowest BCUT2D eigenvalue weighted by atomic mass is 10.1. The molecule has 2 atom stereocenters. The van der Waals surface area contributed by atoms with Crippen molar-refractivity contribution in [3.05, 3.63) is 70.7 Å². The first-order valence-electron chi connectivity index (χ1n) is 12.4. The van der Waals surface area contributed by atoms with E-state index < -0.39 is 45.8 Å². The Hall–Kier alpha value is -4.13. The van der Waals surface area contributed by atoms with E-state index in [-0.39, 0.29) is 48.5 Å². The van der Waals surface area contributed by atoms with Crippen LogP contribution in [0.15, 0.2) is 42.6 Å². The molecule has 2 aromatic carbocycles. The summed E-state index contributed by atoms with van der Waals surface area (Å²) in [5.41, 5.74) is 1.20. The third kappa shape index (κ3) is 6.19. The Balaban J connectivity index is 1.57. The molecule has 0 bridgehead atoms. The first-order chi connectivity index (χ1) is 18.7. The summed E-state index contributed by atoms with van der Waals surface area (Å²) >= 11 is 0. The topological polar surface area (TPSA) is 135 Å². The molecule has 13 heteroatoms. The highest BCUT2D eigenvalue weighted by molar-refractivity contribution is 7.89. The van der Waals surface area contributed by atoms with Gasteiger partial charge < -0.3 is 14.8 Å². The van der Waals surface area contributed by atoms with Gasteiger partial charge in [-0.1, -0.05) is 24.3 Å². The van der Waals surface area contributed by atoms with E-state index in [0.717, 1.165) is 11.2 Å². The Morgan fingerprint density at radius 3 is 2.52 bits per heavy atom. The van der Waals surface area contributed by atoms with Gasteiger partial charge in [0.2, 0.25) is 21.8 Å². The first kappa shape index (κ1) is 28.9. The van der Waals surface area contributed by atoms with Crippen molar-refractivity contribution in [2.45, 2.75) is 45.6 Å². The van der Waals surface area contributed by atoms with Crippen LogP contribution in [0, 0.1) is 12.7 Å². The molecule has 1 aliphatic heterocycles. The SMILES string of the molecule is CC(=O)c1cn(CC(=O)N2C[C@H](F)C[C@H]2C(=O)NCc2cccc(C)c2F)c2cc(C(=O)NS(C)(=O)=O)ccc12. The highest BCUT2D eigenvalue weighted by Crippen LogP contribution is 2.26. The van der Waals surface area contributed by atoms with Crippen LogP contribution in [-0.4, -0.2) is 66.4 Å². The third-order valence-corrected chi connectivity index (χ3v) is 7.26. The van der Waals surface area contributed by atoms with E-state index in [1.54, 1.807) is 19.1 Å². The van der Waals surface area contributed by atoms with Crippen molar-refractivity contribution in [1.29, 1.82) is 0 Å². The molecular formula is C27H28F2N4O6S. The summed E-state index contributed by atoms with van der Waals surface area (Å²) in [6.45, 7) is 2.08. The summed E-state index contributed by atoms with van der Waals surface area (Å²) < 4.78 is 55.0. The number of alkyl halides is 1. The van der Waals surface area contributed by atoms with Crippen molar-refractivity contribution >= 4 is 44.4 Å². The normalized spacial score (nSPS) is 17.2.